The molecule has 3 aromatic rings. The quantitative estimate of drug-likeness (QED) is 0.278. The first-order valence-electron chi connectivity index (χ1n) is 12.2. The molecule has 4 rings (SSSR count). The lowest BCUT2D eigenvalue weighted by Gasteiger charge is -2.35. The molecule has 3 N–H and O–H groups in total. The summed E-state index contributed by atoms with van der Waals surface area (Å²) in [7, 11) is 0. The number of rotatable bonds is 11. The normalized spacial score (nSPS) is 13.6. The molecule has 2 heterocycles. The molecule has 37 heavy (non-hydrogen) atoms. The highest BCUT2D eigenvalue weighted by Gasteiger charge is 2.25. The summed E-state index contributed by atoms with van der Waals surface area (Å²) in [6.45, 7) is 10.3. The monoisotopic (exact) mass is 526 g/mol. The van der Waals surface area contributed by atoms with Gasteiger partial charge in [0.05, 0.1) is 6.04 Å². The van der Waals surface area contributed by atoms with E-state index in [0.29, 0.717) is 19.0 Å². The maximum Gasteiger partial charge on any atom is 0.226 e. The second-order valence-corrected chi connectivity index (χ2v) is 8.74. The summed E-state index contributed by atoms with van der Waals surface area (Å²) in [5.41, 5.74) is 1.88. The molecule has 9 heteroatoms. The largest absolute Gasteiger partial charge is 0.366 e. The lowest BCUT2D eigenvalue weighted by atomic mass is 9.95. The maximum atomic E-state index is 13.6. The molecular weight excluding hydrogens is 494 g/mol. The van der Waals surface area contributed by atoms with Crippen LogP contribution in [0.2, 0.25) is 0 Å². The average molecular weight is 527 g/mol. The maximum absolute atomic E-state index is 13.6. The van der Waals surface area contributed by atoms with E-state index >= 15 is 0 Å². The minimum absolute atomic E-state index is 0. The van der Waals surface area contributed by atoms with Crippen molar-refractivity contribution in [1.29, 1.82) is 0 Å². The van der Waals surface area contributed by atoms with Gasteiger partial charge in [-0.1, -0.05) is 36.4 Å². The molecule has 0 unspecified atom stereocenters. The average Bonchev–Trinajstić information content (AvgIpc) is 2.91. The Kier molecular flexibility index (Phi) is 10.4. The number of nitrogens with zero attached hydrogens (tertiary/aromatic N) is 3. The molecule has 0 aliphatic carbocycles. The molecule has 0 saturated carbocycles. The molecule has 6 nitrogen and oxygen atoms in total. The number of anilines is 3. The molecule has 1 fully saturated rings. The fourth-order valence-electron chi connectivity index (χ4n) is 4.31. The third-order valence-electron chi connectivity index (χ3n) is 6.17. The van der Waals surface area contributed by atoms with Gasteiger partial charge in [-0.15, -0.1) is 25.6 Å². The Labute approximate surface area is 223 Å². The van der Waals surface area contributed by atoms with Gasteiger partial charge in [0, 0.05) is 38.3 Å². The van der Waals surface area contributed by atoms with E-state index in [1.54, 1.807) is 36.4 Å². The van der Waals surface area contributed by atoms with Crippen molar-refractivity contribution in [3.05, 3.63) is 103 Å². The third kappa shape index (κ3) is 7.74. The van der Waals surface area contributed by atoms with E-state index in [4.69, 9.17) is 4.98 Å². The topological polar surface area (TPSA) is 65.1 Å². The van der Waals surface area contributed by atoms with Gasteiger partial charge in [-0.3, -0.25) is 0 Å². The summed E-state index contributed by atoms with van der Waals surface area (Å²) < 4.78 is 27.1. The van der Waals surface area contributed by atoms with Crippen LogP contribution in [0, 0.1) is 11.6 Å². The Balaban J connectivity index is 0.00000380. The molecule has 1 aromatic heterocycles. The van der Waals surface area contributed by atoms with Gasteiger partial charge in [0.2, 0.25) is 5.95 Å². The second kappa shape index (κ2) is 13.7. The van der Waals surface area contributed by atoms with Gasteiger partial charge in [0.15, 0.2) is 0 Å². The highest BCUT2D eigenvalue weighted by Crippen LogP contribution is 2.27. The van der Waals surface area contributed by atoms with E-state index in [1.807, 2.05) is 6.07 Å². The molecule has 2 aromatic carbocycles. The van der Waals surface area contributed by atoms with Gasteiger partial charge in [-0.25, -0.2) is 8.78 Å². The van der Waals surface area contributed by atoms with E-state index in [0.717, 1.165) is 48.7 Å². The molecule has 196 valence electrons. The molecule has 0 bridgehead atoms. The first kappa shape index (κ1) is 28.1. The number of halogens is 3. The highest BCUT2D eigenvalue weighted by molar-refractivity contribution is 5.85. The molecule has 0 amide bonds. The minimum atomic E-state index is -0.279. The zero-order chi connectivity index (χ0) is 25.3. The van der Waals surface area contributed by atoms with Crippen molar-refractivity contribution >= 4 is 30.0 Å². The smallest absolute Gasteiger partial charge is 0.226 e. The van der Waals surface area contributed by atoms with Gasteiger partial charge in [-0.05, 0) is 48.2 Å². The van der Waals surface area contributed by atoms with Crippen molar-refractivity contribution in [2.24, 2.45) is 0 Å². The zero-order valence-electron chi connectivity index (χ0n) is 20.7. The van der Waals surface area contributed by atoms with E-state index in [-0.39, 0.29) is 36.1 Å². The number of hydrogen-bond acceptors (Lipinski definition) is 6. The highest BCUT2D eigenvalue weighted by atomic mass is 35.5. The van der Waals surface area contributed by atoms with Crippen molar-refractivity contribution in [3.63, 3.8) is 0 Å². The van der Waals surface area contributed by atoms with Crippen LogP contribution in [-0.4, -0.2) is 42.2 Å². The molecule has 0 atom stereocenters. The molecular formula is C28H33ClF2N6. The first-order chi connectivity index (χ1) is 17.6. The lowest BCUT2D eigenvalue weighted by molar-refractivity contribution is 0.389. The van der Waals surface area contributed by atoms with Crippen LogP contribution in [0.5, 0.6) is 0 Å². The fraction of sp³-hybridized carbons (Fsp3) is 0.286. The van der Waals surface area contributed by atoms with Crippen molar-refractivity contribution in [1.82, 2.24) is 15.3 Å². The molecule has 1 aliphatic heterocycles. The summed E-state index contributed by atoms with van der Waals surface area (Å²) in [6.07, 6.45) is 5.35. The second-order valence-electron chi connectivity index (χ2n) is 8.74. The zero-order valence-corrected chi connectivity index (χ0v) is 21.5. The van der Waals surface area contributed by atoms with Crippen molar-refractivity contribution in [3.8, 4) is 0 Å². The number of nitrogens with one attached hydrogen (secondary N) is 3. The predicted molar refractivity (Wildman–Crippen MR) is 150 cm³/mol. The fourth-order valence-corrected chi connectivity index (χ4v) is 4.31. The lowest BCUT2D eigenvalue weighted by Crippen LogP contribution is -2.44. The first-order valence-corrected chi connectivity index (χ1v) is 12.2. The molecule has 0 spiro atoms. The minimum Gasteiger partial charge on any atom is -0.366 e. The Morgan fingerprint density at radius 2 is 1.41 bits per heavy atom. The van der Waals surface area contributed by atoms with Crippen LogP contribution in [0.15, 0.2) is 79.9 Å². The van der Waals surface area contributed by atoms with Crippen LogP contribution < -0.4 is 20.9 Å². The Morgan fingerprint density at radius 1 is 0.865 bits per heavy atom. The Morgan fingerprint density at radius 3 is 1.95 bits per heavy atom. The number of benzene rings is 2. The summed E-state index contributed by atoms with van der Waals surface area (Å²) in [6, 6.07) is 15.0. The van der Waals surface area contributed by atoms with Gasteiger partial charge < -0.3 is 20.9 Å². The van der Waals surface area contributed by atoms with Crippen LogP contribution >= 0.6 is 12.4 Å². The molecule has 1 saturated heterocycles. The predicted octanol–water partition coefficient (Wildman–Crippen LogP) is 5.72. The van der Waals surface area contributed by atoms with Crippen molar-refractivity contribution in [2.75, 3.05) is 41.7 Å². The van der Waals surface area contributed by atoms with Gasteiger partial charge in [0.25, 0.3) is 0 Å². The van der Waals surface area contributed by atoms with E-state index in [9.17, 15) is 8.78 Å². The van der Waals surface area contributed by atoms with E-state index in [1.165, 1.54) is 24.3 Å². The van der Waals surface area contributed by atoms with Gasteiger partial charge in [-0.2, -0.15) is 9.97 Å². The standard InChI is InChI=1S/C28H32F2N6.ClH/c1-3-15-31-25-19-26(35-28(34-25)32-16-4-2)36-17-13-24(14-18-36)33-27(20-5-9-22(29)10-6-20)21-7-11-23(30)12-8-21;/h3-12,19,24,27,33H,1-2,13-18H2,(H2,31,32,34,35);1H. The van der Waals surface area contributed by atoms with Crippen LogP contribution in [0.4, 0.5) is 26.4 Å². The van der Waals surface area contributed by atoms with E-state index < -0.39 is 0 Å². The van der Waals surface area contributed by atoms with Crippen molar-refractivity contribution in [2.45, 2.75) is 24.9 Å². The summed E-state index contributed by atoms with van der Waals surface area (Å²) >= 11 is 0. The Bertz CT molecular complexity index is 1070. The van der Waals surface area contributed by atoms with Gasteiger partial charge in [0.1, 0.15) is 23.3 Å². The summed E-state index contributed by atoms with van der Waals surface area (Å²) in [4.78, 5) is 11.5. The molecule has 0 radical (unpaired) electrons. The number of piperidine rings is 1. The van der Waals surface area contributed by atoms with E-state index in [2.05, 4.69) is 39.0 Å². The summed E-state index contributed by atoms with van der Waals surface area (Å²) in [5.74, 6) is 1.58. The van der Waals surface area contributed by atoms with Gasteiger partial charge >= 0.3 is 0 Å². The SMILES string of the molecule is C=CCNc1cc(N2CCC(NC(c3ccc(F)cc3)c3ccc(F)cc3)CC2)nc(NCC=C)n1.Cl. The van der Waals surface area contributed by atoms with Crippen LogP contribution in [-0.2, 0) is 0 Å². The molecule has 1 aliphatic rings. The van der Waals surface area contributed by atoms with Crippen molar-refractivity contribution < 1.29 is 8.78 Å². The van der Waals surface area contributed by atoms with Crippen LogP contribution in [0.25, 0.3) is 0 Å². The third-order valence-corrected chi connectivity index (χ3v) is 6.17. The Hall–Kier alpha value is -3.49. The van der Waals surface area contributed by atoms with Crippen LogP contribution in [0.1, 0.15) is 30.0 Å². The summed E-state index contributed by atoms with van der Waals surface area (Å²) in [5, 5.41) is 10.1. The van der Waals surface area contributed by atoms with Crippen LogP contribution in [0.3, 0.4) is 0 Å². The number of aromatic nitrogens is 2. The number of hydrogen-bond donors (Lipinski definition) is 3.